The minimum Gasteiger partial charge on any atom is -0.337 e. The van der Waals surface area contributed by atoms with Crippen LogP contribution >= 0.6 is 11.6 Å². The molecule has 17 heavy (non-hydrogen) atoms. The lowest BCUT2D eigenvalue weighted by Crippen LogP contribution is -1.94. The summed E-state index contributed by atoms with van der Waals surface area (Å²) < 4.78 is 5.18. The molecule has 3 nitrogen and oxygen atoms in total. The summed E-state index contributed by atoms with van der Waals surface area (Å²) in [6.45, 7) is 2.13. The van der Waals surface area contributed by atoms with Gasteiger partial charge in [-0.3, -0.25) is 0 Å². The molecule has 0 amide bonds. The first-order valence-electron chi connectivity index (χ1n) is 5.82. The summed E-state index contributed by atoms with van der Waals surface area (Å²) in [6, 6.07) is 9.74. The number of alkyl halides is 1. The summed E-state index contributed by atoms with van der Waals surface area (Å²) >= 11 is 6.28. The maximum Gasteiger partial charge on any atom is 0.249 e. The first-order chi connectivity index (χ1) is 8.31. The number of hydrogen-bond donors (Lipinski definition) is 0. The largest absolute Gasteiger partial charge is 0.337 e. The molecule has 0 saturated heterocycles. The number of rotatable bonds is 5. The molecule has 4 heteroatoms. The maximum atomic E-state index is 6.28. The number of hydrogen-bond acceptors (Lipinski definition) is 3. The van der Waals surface area contributed by atoms with Crippen molar-refractivity contribution >= 4 is 11.6 Å². The van der Waals surface area contributed by atoms with Crippen molar-refractivity contribution < 1.29 is 4.52 Å². The summed E-state index contributed by atoms with van der Waals surface area (Å²) in [5.74, 6) is 1.22. The van der Waals surface area contributed by atoms with Crippen LogP contribution in [0.4, 0.5) is 0 Å². The molecule has 90 valence electrons. The molecule has 1 atom stereocenters. The van der Waals surface area contributed by atoms with E-state index in [0.717, 1.165) is 30.7 Å². The van der Waals surface area contributed by atoms with Crippen molar-refractivity contribution in [3.05, 3.63) is 47.6 Å². The van der Waals surface area contributed by atoms with Gasteiger partial charge in [0.05, 0.1) is 0 Å². The van der Waals surface area contributed by atoms with Crippen LogP contribution in [0.5, 0.6) is 0 Å². The SMILES string of the molecule is CCCCc1noc(C(Cl)c2ccccc2)n1. The molecule has 0 aliphatic rings. The molecule has 0 aliphatic carbocycles. The third-order valence-corrected chi connectivity index (χ3v) is 2.99. The van der Waals surface area contributed by atoms with Crippen molar-refractivity contribution in [3.63, 3.8) is 0 Å². The fourth-order valence-electron chi connectivity index (χ4n) is 1.57. The second-order valence-corrected chi connectivity index (χ2v) is 4.36. The lowest BCUT2D eigenvalue weighted by atomic mass is 10.1. The zero-order chi connectivity index (χ0) is 12.1. The van der Waals surface area contributed by atoms with E-state index < -0.39 is 0 Å². The van der Waals surface area contributed by atoms with Gasteiger partial charge in [0, 0.05) is 6.42 Å². The summed E-state index contributed by atoms with van der Waals surface area (Å²) in [5, 5.41) is 3.57. The van der Waals surface area contributed by atoms with E-state index in [0.29, 0.717) is 5.89 Å². The summed E-state index contributed by atoms with van der Waals surface area (Å²) in [6.07, 6.45) is 3.03. The number of benzene rings is 1. The number of nitrogens with zero attached hydrogens (tertiary/aromatic N) is 2. The number of halogens is 1. The molecule has 0 N–H and O–H groups in total. The molecule has 0 spiro atoms. The van der Waals surface area contributed by atoms with Crippen LogP contribution in [0.3, 0.4) is 0 Å². The molecule has 2 rings (SSSR count). The van der Waals surface area contributed by atoms with Gasteiger partial charge < -0.3 is 4.52 Å². The Morgan fingerprint density at radius 3 is 2.76 bits per heavy atom. The predicted molar refractivity (Wildman–Crippen MR) is 67.0 cm³/mol. The molecule has 0 saturated carbocycles. The summed E-state index contributed by atoms with van der Waals surface area (Å²) in [7, 11) is 0. The van der Waals surface area contributed by atoms with Gasteiger partial charge in [-0.25, -0.2) is 0 Å². The lowest BCUT2D eigenvalue weighted by molar-refractivity contribution is 0.376. The van der Waals surface area contributed by atoms with E-state index >= 15 is 0 Å². The molecular weight excluding hydrogens is 236 g/mol. The van der Waals surface area contributed by atoms with E-state index in [9.17, 15) is 0 Å². The highest BCUT2D eigenvalue weighted by molar-refractivity contribution is 6.22. The predicted octanol–water partition coefficient (Wildman–Crippen LogP) is 3.74. The molecular formula is C13H15ClN2O. The molecule has 0 radical (unpaired) electrons. The van der Waals surface area contributed by atoms with Crippen molar-refractivity contribution in [2.24, 2.45) is 0 Å². The molecule has 1 aromatic heterocycles. The minimum absolute atomic E-state index is 0.362. The van der Waals surface area contributed by atoms with E-state index in [1.54, 1.807) is 0 Å². The highest BCUT2D eigenvalue weighted by Gasteiger charge is 2.17. The Morgan fingerprint density at radius 1 is 1.29 bits per heavy atom. The van der Waals surface area contributed by atoms with Gasteiger partial charge in [-0.2, -0.15) is 4.98 Å². The maximum absolute atomic E-state index is 6.28. The first-order valence-corrected chi connectivity index (χ1v) is 6.26. The first kappa shape index (κ1) is 12.1. The fraction of sp³-hybridized carbons (Fsp3) is 0.385. The second-order valence-electron chi connectivity index (χ2n) is 3.93. The van der Waals surface area contributed by atoms with Gasteiger partial charge in [0.25, 0.3) is 0 Å². The van der Waals surface area contributed by atoms with Crippen LogP contribution in [-0.2, 0) is 6.42 Å². The van der Waals surface area contributed by atoms with E-state index in [-0.39, 0.29) is 5.38 Å². The molecule has 0 aliphatic heterocycles. The van der Waals surface area contributed by atoms with Gasteiger partial charge in [-0.15, -0.1) is 11.6 Å². The highest BCUT2D eigenvalue weighted by atomic mass is 35.5. The van der Waals surface area contributed by atoms with Crippen LogP contribution in [0.15, 0.2) is 34.9 Å². The molecule has 0 fully saturated rings. The van der Waals surface area contributed by atoms with Crippen molar-refractivity contribution in [2.45, 2.75) is 31.6 Å². The third-order valence-electron chi connectivity index (χ3n) is 2.55. The zero-order valence-corrected chi connectivity index (χ0v) is 10.5. The van der Waals surface area contributed by atoms with Crippen molar-refractivity contribution in [2.75, 3.05) is 0 Å². The van der Waals surface area contributed by atoms with Gasteiger partial charge >= 0.3 is 0 Å². The monoisotopic (exact) mass is 250 g/mol. The Bertz CT molecular complexity index is 455. The molecule has 2 aromatic rings. The van der Waals surface area contributed by atoms with Crippen molar-refractivity contribution in [3.8, 4) is 0 Å². The molecule has 0 bridgehead atoms. The van der Waals surface area contributed by atoms with Crippen molar-refractivity contribution in [1.29, 1.82) is 0 Å². The normalized spacial score (nSPS) is 12.6. The topological polar surface area (TPSA) is 38.9 Å². The minimum atomic E-state index is -0.362. The Hall–Kier alpha value is -1.35. The Morgan fingerprint density at radius 2 is 2.06 bits per heavy atom. The van der Waals surface area contributed by atoms with Crippen LogP contribution in [0.2, 0.25) is 0 Å². The molecule has 1 heterocycles. The van der Waals surface area contributed by atoms with Gasteiger partial charge in [0.15, 0.2) is 5.82 Å². The van der Waals surface area contributed by atoms with Crippen LogP contribution in [0.25, 0.3) is 0 Å². The molecule has 1 aromatic carbocycles. The fourth-order valence-corrected chi connectivity index (χ4v) is 1.81. The number of unbranched alkanes of at least 4 members (excludes halogenated alkanes) is 1. The van der Waals surface area contributed by atoms with Crippen LogP contribution in [-0.4, -0.2) is 10.1 Å². The number of aromatic nitrogens is 2. The van der Waals surface area contributed by atoms with Crippen LogP contribution in [0, 0.1) is 0 Å². The van der Waals surface area contributed by atoms with E-state index in [4.69, 9.17) is 16.1 Å². The average Bonchev–Trinajstić information content (AvgIpc) is 2.85. The average molecular weight is 251 g/mol. The quantitative estimate of drug-likeness (QED) is 0.759. The smallest absolute Gasteiger partial charge is 0.249 e. The Kier molecular flexibility index (Phi) is 4.15. The summed E-state index contributed by atoms with van der Waals surface area (Å²) in [4.78, 5) is 4.31. The summed E-state index contributed by atoms with van der Waals surface area (Å²) in [5.41, 5.74) is 0.972. The standard InChI is InChI=1S/C13H15ClN2O/c1-2-3-9-11-15-13(17-16-11)12(14)10-7-5-4-6-8-10/h4-8,12H,2-3,9H2,1H3. The molecule has 1 unspecified atom stereocenters. The van der Waals surface area contributed by atoms with Gasteiger partial charge in [0.2, 0.25) is 5.89 Å². The Labute approximate surface area is 106 Å². The van der Waals surface area contributed by atoms with Crippen LogP contribution in [0.1, 0.15) is 42.4 Å². The van der Waals surface area contributed by atoms with Crippen LogP contribution < -0.4 is 0 Å². The number of aryl methyl sites for hydroxylation is 1. The van der Waals surface area contributed by atoms with Gasteiger partial charge in [-0.05, 0) is 12.0 Å². The zero-order valence-electron chi connectivity index (χ0n) is 9.77. The van der Waals surface area contributed by atoms with Gasteiger partial charge in [-0.1, -0.05) is 48.8 Å². The van der Waals surface area contributed by atoms with E-state index in [1.165, 1.54) is 0 Å². The van der Waals surface area contributed by atoms with E-state index in [1.807, 2.05) is 30.3 Å². The van der Waals surface area contributed by atoms with Gasteiger partial charge in [0.1, 0.15) is 5.38 Å². The van der Waals surface area contributed by atoms with Crippen molar-refractivity contribution in [1.82, 2.24) is 10.1 Å². The lowest BCUT2D eigenvalue weighted by Gasteiger charge is -2.03. The second kappa shape index (κ2) is 5.82. The highest BCUT2D eigenvalue weighted by Crippen LogP contribution is 2.27. The Balaban J connectivity index is 2.09. The van der Waals surface area contributed by atoms with E-state index in [2.05, 4.69) is 17.1 Å². The third kappa shape index (κ3) is 3.07.